The summed E-state index contributed by atoms with van der Waals surface area (Å²) in [5, 5.41) is 4.34. The van der Waals surface area contributed by atoms with Gasteiger partial charge in [-0.3, -0.25) is 4.79 Å². The first-order valence-electron chi connectivity index (χ1n) is 8.04. The molecule has 1 aromatic heterocycles. The van der Waals surface area contributed by atoms with Crippen LogP contribution in [0.4, 0.5) is 0 Å². The third-order valence-electron chi connectivity index (χ3n) is 4.15. The monoisotopic (exact) mass is 301 g/mol. The summed E-state index contributed by atoms with van der Waals surface area (Å²) < 4.78 is 11.6. The minimum absolute atomic E-state index is 0.0335. The third-order valence-corrected chi connectivity index (χ3v) is 4.15. The van der Waals surface area contributed by atoms with Gasteiger partial charge in [0.05, 0.1) is 0 Å². The fourth-order valence-electron chi connectivity index (χ4n) is 2.81. The van der Waals surface area contributed by atoms with Gasteiger partial charge >= 0.3 is 0 Å². The van der Waals surface area contributed by atoms with E-state index in [1.54, 1.807) is 0 Å². The second-order valence-electron chi connectivity index (χ2n) is 6.30. The molecule has 118 valence electrons. The SMILES string of the molecule is CCNC1CC(Oc2ccc3oc(C(=O)C(C)C)cc3c2)C1. The smallest absolute Gasteiger partial charge is 0.200 e. The molecule has 1 fully saturated rings. The van der Waals surface area contributed by atoms with Crippen molar-refractivity contribution in [2.24, 2.45) is 5.92 Å². The molecule has 0 spiro atoms. The summed E-state index contributed by atoms with van der Waals surface area (Å²) in [6.45, 7) is 6.88. The van der Waals surface area contributed by atoms with Gasteiger partial charge in [-0.25, -0.2) is 0 Å². The summed E-state index contributed by atoms with van der Waals surface area (Å²) in [6.07, 6.45) is 2.38. The van der Waals surface area contributed by atoms with Crippen molar-refractivity contribution in [2.45, 2.75) is 45.8 Å². The lowest BCUT2D eigenvalue weighted by Gasteiger charge is -2.35. The molecule has 1 aliphatic rings. The van der Waals surface area contributed by atoms with Crippen LogP contribution < -0.4 is 10.1 Å². The first kappa shape index (κ1) is 15.1. The summed E-state index contributed by atoms with van der Waals surface area (Å²) in [5.74, 6) is 1.25. The predicted molar refractivity (Wildman–Crippen MR) is 86.5 cm³/mol. The van der Waals surface area contributed by atoms with E-state index in [0.29, 0.717) is 11.8 Å². The maximum absolute atomic E-state index is 12.0. The van der Waals surface area contributed by atoms with Crippen molar-refractivity contribution in [1.82, 2.24) is 5.32 Å². The Labute approximate surface area is 130 Å². The van der Waals surface area contributed by atoms with Crippen LogP contribution in [0.15, 0.2) is 28.7 Å². The summed E-state index contributed by atoms with van der Waals surface area (Å²) in [6, 6.07) is 8.14. The Hall–Kier alpha value is -1.81. The van der Waals surface area contributed by atoms with Gasteiger partial charge in [0.2, 0.25) is 5.78 Å². The normalized spacial score (nSPS) is 21.1. The fourth-order valence-corrected chi connectivity index (χ4v) is 2.81. The van der Waals surface area contributed by atoms with E-state index in [2.05, 4.69) is 12.2 Å². The highest BCUT2D eigenvalue weighted by molar-refractivity contribution is 5.98. The van der Waals surface area contributed by atoms with Crippen molar-refractivity contribution in [3.05, 3.63) is 30.0 Å². The molecule has 1 aliphatic carbocycles. The van der Waals surface area contributed by atoms with Crippen molar-refractivity contribution < 1.29 is 13.9 Å². The number of fused-ring (bicyclic) bond motifs is 1. The Kier molecular flexibility index (Phi) is 4.21. The Morgan fingerprint density at radius 1 is 1.36 bits per heavy atom. The Morgan fingerprint density at radius 3 is 2.82 bits per heavy atom. The number of hydrogen-bond acceptors (Lipinski definition) is 4. The molecule has 1 heterocycles. The van der Waals surface area contributed by atoms with Crippen LogP contribution in [0.1, 0.15) is 44.2 Å². The van der Waals surface area contributed by atoms with Crippen LogP contribution in [0.3, 0.4) is 0 Å². The molecule has 1 saturated carbocycles. The summed E-state index contributed by atoms with van der Waals surface area (Å²) in [5.41, 5.74) is 0.732. The molecule has 4 nitrogen and oxygen atoms in total. The third kappa shape index (κ3) is 3.02. The van der Waals surface area contributed by atoms with E-state index < -0.39 is 0 Å². The van der Waals surface area contributed by atoms with E-state index in [4.69, 9.17) is 9.15 Å². The zero-order valence-corrected chi connectivity index (χ0v) is 13.4. The molecular weight excluding hydrogens is 278 g/mol. The minimum Gasteiger partial charge on any atom is -0.490 e. The lowest BCUT2D eigenvalue weighted by Crippen LogP contribution is -2.46. The van der Waals surface area contributed by atoms with E-state index in [9.17, 15) is 4.79 Å². The quantitative estimate of drug-likeness (QED) is 0.825. The molecule has 0 atom stereocenters. The van der Waals surface area contributed by atoms with Crippen molar-refractivity contribution in [3.8, 4) is 5.75 Å². The predicted octanol–water partition coefficient (Wildman–Crippen LogP) is 3.79. The lowest BCUT2D eigenvalue weighted by molar-refractivity contribution is 0.0861. The lowest BCUT2D eigenvalue weighted by atomic mass is 9.89. The number of Topliss-reactive ketones (excluding diaryl/α,β-unsaturated/α-hetero) is 1. The number of nitrogens with one attached hydrogen (secondary N) is 1. The number of furan rings is 1. The van der Waals surface area contributed by atoms with Crippen LogP contribution in [0.5, 0.6) is 5.75 Å². The number of rotatable bonds is 6. The van der Waals surface area contributed by atoms with E-state index in [-0.39, 0.29) is 17.8 Å². The summed E-state index contributed by atoms with van der Waals surface area (Å²) in [4.78, 5) is 12.0. The number of carbonyl (C=O) groups excluding carboxylic acids is 1. The highest BCUT2D eigenvalue weighted by Gasteiger charge is 2.30. The standard InChI is InChI=1S/C18H23NO3/c1-4-19-13-9-15(10-13)21-14-5-6-16-12(7-14)8-17(22-16)18(20)11(2)3/h5-8,11,13,15,19H,4,9-10H2,1-3H3. The van der Waals surface area contributed by atoms with Gasteiger partial charge in [0.15, 0.2) is 5.76 Å². The first-order valence-corrected chi connectivity index (χ1v) is 8.04. The molecule has 4 heteroatoms. The first-order chi connectivity index (χ1) is 10.6. The molecule has 0 saturated heterocycles. The van der Waals surface area contributed by atoms with Crippen molar-refractivity contribution >= 4 is 16.8 Å². The van der Waals surface area contributed by atoms with Crippen molar-refractivity contribution in [1.29, 1.82) is 0 Å². The Bertz CT molecular complexity index is 668. The average molecular weight is 301 g/mol. The number of carbonyl (C=O) groups is 1. The van der Waals surface area contributed by atoms with Crippen molar-refractivity contribution in [3.63, 3.8) is 0 Å². The molecule has 2 aromatic rings. The number of benzene rings is 1. The maximum Gasteiger partial charge on any atom is 0.200 e. The van der Waals surface area contributed by atoms with Crippen LogP contribution >= 0.6 is 0 Å². The van der Waals surface area contributed by atoms with Crippen LogP contribution in [0.2, 0.25) is 0 Å². The van der Waals surface area contributed by atoms with Crippen molar-refractivity contribution in [2.75, 3.05) is 6.54 Å². The van der Waals surface area contributed by atoms with Gasteiger partial charge in [0, 0.05) is 17.3 Å². The summed E-state index contributed by atoms with van der Waals surface area (Å²) >= 11 is 0. The second-order valence-corrected chi connectivity index (χ2v) is 6.30. The molecule has 0 radical (unpaired) electrons. The Morgan fingerprint density at radius 2 is 2.14 bits per heavy atom. The van der Waals surface area contributed by atoms with E-state index in [0.717, 1.165) is 36.1 Å². The molecular formula is C18H23NO3. The number of hydrogen-bond donors (Lipinski definition) is 1. The van der Waals surface area contributed by atoms with Crippen LogP contribution in [-0.2, 0) is 0 Å². The second kappa shape index (κ2) is 6.13. The van der Waals surface area contributed by atoms with Crippen LogP contribution in [0, 0.1) is 5.92 Å². The maximum atomic E-state index is 12.0. The van der Waals surface area contributed by atoms with Gasteiger partial charge in [-0.1, -0.05) is 20.8 Å². The van der Waals surface area contributed by atoms with Crippen LogP contribution in [0.25, 0.3) is 11.0 Å². The van der Waals surface area contributed by atoms with Gasteiger partial charge < -0.3 is 14.5 Å². The van der Waals surface area contributed by atoms with Gasteiger partial charge in [-0.15, -0.1) is 0 Å². The number of ketones is 1. The van der Waals surface area contributed by atoms with E-state index in [1.807, 2.05) is 38.1 Å². The topological polar surface area (TPSA) is 51.5 Å². The van der Waals surface area contributed by atoms with E-state index in [1.165, 1.54) is 0 Å². The molecule has 1 aromatic carbocycles. The van der Waals surface area contributed by atoms with Gasteiger partial charge in [-0.2, -0.15) is 0 Å². The van der Waals surface area contributed by atoms with Crippen LogP contribution in [-0.4, -0.2) is 24.5 Å². The molecule has 22 heavy (non-hydrogen) atoms. The molecule has 1 N–H and O–H groups in total. The molecule has 0 unspecified atom stereocenters. The largest absolute Gasteiger partial charge is 0.490 e. The Balaban J connectivity index is 1.69. The molecule has 0 amide bonds. The molecule has 0 aliphatic heterocycles. The number of ether oxygens (including phenoxy) is 1. The average Bonchev–Trinajstić information content (AvgIpc) is 2.87. The molecule has 3 rings (SSSR count). The summed E-state index contributed by atoms with van der Waals surface area (Å²) in [7, 11) is 0. The minimum atomic E-state index is -0.0609. The zero-order chi connectivity index (χ0) is 15.7. The zero-order valence-electron chi connectivity index (χ0n) is 13.4. The van der Waals surface area contributed by atoms with Gasteiger partial charge in [-0.05, 0) is 43.7 Å². The fraction of sp³-hybridized carbons (Fsp3) is 0.500. The highest BCUT2D eigenvalue weighted by Crippen LogP contribution is 2.30. The highest BCUT2D eigenvalue weighted by atomic mass is 16.5. The van der Waals surface area contributed by atoms with Gasteiger partial charge in [0.25, 0.3) is 0 Å². The molecule has 0 bridgehead atoms. The van der Waals surface area contributed by atoms with E-state index >= 15 is 0 Å². The van der Waals surface area contributed by atoms with Gasteiger partial charge in [0.1, 0.15) is 17.4 Å².